The normalized spacial score (nSPS) is 11.9. The molecule has 0 aliphatic heterocycles. The highest BCUT2D eigenvalue weighted by Crippen LogP contribution is 2.30. The van der Waals surface area contributed by atoms with Gasteiger partial charge in [0.2, 0.25) is 0 Å². The summed E-state index contributed by atoms with van der Waals surface area (Å²) in [5.41, 5.74) is 0.954. The van der Waals surface area contributed by atoms with E-state index in [2.05, 4.69) is 46.8 Å². The number of hydrogen-bond donors (Lipinski definition) is 0. The van der Waals surface area contributed by atoms with Crippen LogP contribution in [-0.4, -0.2) is 14.8 Å². The molecule has 0 N–H and O–H groups in total. The van der Waals surface area contributed by atoms with Gasteiger partial charge in [0, 0.05) is 11.6 Å². The van der Waals surface area contributed by atoms with E-state index in [9.17, 15) is 0 Å². The van der Waals surface area contributed by atoms with Crippen molar-refractivity contribution in [3.05, 3.63) is 38.7 Å². The summed E-state index contributed by atoms with van der Waals surface area (Å²) in [4.78, 5) is 4.25. The fourth-order valence-corrected chi connectivity index (χ4v) is 2.45. The van der Waals surface area contributed by atoms with E-state index in [0.717, 1.165) is 10.3 Å². The van der Waals surface area contributed by atoms with Gasteiger partial charge >= 0.3 is 0 Å². The van der Waals surface area contributed by atoms with Crippen LogP contribution >= 0.6 is 39.1 Å². The van der Waals surface area contributed by atoms with Gasteiger partial charge in [-0.2, -0.15) is 5.10 Å². The van der Waals surface area contributed by atoms with E-state index >= 15 is 0 Å². The van der Waals surface area contributed by atoms with Crippen molar-refractivity contribution < 1.29 is 0 Å². The summed E-state index contributed by atoms with van der Waals surface area (Å²) in [5.74, 6) is 0.580. The highest BCUT2D eigenvalue weighted by molar-refractivity contribution is 9.10. The number of hydrogen-bond acceptors (Lipinski definition) is 2. The quantitative estimate of drug-likeness (QED) is 0.751. The fraction of sp³-hybridized carbons (Fsp3) is 0.333. The molecule has 3 nitrogen and oxygen atoms in total. The zero-order valence-electron chi connectivity index (χ0n) is 10.2. The molecule has 0 fully saturated rings. The largest absolute Gasteiger partial charge is 0.234 e. The minimum absolute atomic E-state index is 0.0658. The average Bonchev–Trinajstić information content (AvgIpc) is 2.59. The molecule has 2 aromatic rings. The van der Waals surface area contributed by atoms with Crippen LogP contribution in [0.15, 0.2) is 22.9 Å². The van der Waals surface area contributed by atoms with E-state index in [1.54, 1.807) is 16.9 Å². The highest BCUT2D eigenvalue weighted by Gasteiger charge is 2.23. The second kappa shape index (κ2) is 4.83. The Bertz CT molecular complexity index is 587. The molecular formula is C12H12BrCl2N3. The lowest BCUT2D eigenvalue weighted by Crippen LogP contribution is -2.18. The first-order valence-corrected chi connectivity index (χ1v) is 6.91. The summed E-state index contributed by atoms with van der Waals surface area (Å²) in [5, 5.41) is 5.36. The zero-order valence-corrected chi connectivity index (χ0v) is 13.3. The number of rotatable bonds is 1. The third-order valence-corrected chi connectivity index (χ3v) is 3.31. The summed E-state index contributed by atoms with van der Waals surface area (Å²) < 4.78 is 2.49. The Labute approximate surface area is 124 Å². The van der Waals surface area contributed by atoms with Crippen molar-refractivity contribution in [3.63, 3.8) is 0 Å². The predicted molar refractivity (Wildman–Crippen MR) is 77.8 cm³/mol. The van der Waals surface area contributed by atoms with Crippen LogP contribution in [0.4, 0.5) is 0 Å². The van der Waals surface area contributed by atoms with Gasteiger partial charge in [-0.15, -0.1) is 0 Å². The van der Waals surface area contributed by atoms with E-state index in [1.807, 2.05) is 6.07 Å². The number of nitrogens with zero attached hydrogens (tertiary/aromatic N) is 3. The van der Waals surface area contributed by atoms with Crippen LogP contribution in [0.25, 0.3) is 5.82 Å². The molecule has 2 heterocycles. The molecule has 0 aliphatic carbocycles. The van der Waals surface area contributed by atoms with Gasteiger partial charge in [-0.3, -0.25) is 0 Å². The first kappa shape index (κ1) is 13.8. The molecule has 0 aromatic carbocycles. The second-order valence-corrected chi connectivity index (χ2v) is 6.63. The molecule has 0 aliphatic rings. The van der Waals surface area contributed by atoms with Crippen LogP contribution in [0, 0.1) is 0 Å². The summed E-state index contributed by atoms with van der Waals surface area (Å²) in [6.45, 7) is 6.32. The van der Waals surface area contributed by atoms with E-state index in [1.165, 1.54) is 0 Å². The van der Waals surface area contributed by atoms with Gasteiger partial charge < -0.3 is 0 Å². The van der Waals surface area contributed by atoms with Crippen molar-refractivity contribution in [1.82, 2.24) is 14.8 Å². The highest BCUT2D eigenvalue weighted by atomic mass is 79.9. The summed E-state index contributed by atoms with van der Waals surface area (Å²) >= 11 is 15.4. The SMILES string of the molecule is CC(C)(C)c1cc(Br)nn1-c1ncc(Cl)cc1Cl. The van der Waals surface area contributed by atoms with Crippen molar-refractivity contribution in [1.29, 1.82) is 0 Å². The maximum Gasteiger partial charge on any atom is 0.172 e. The third-order valence-electron chi connectivity index (χ3n) is 2.44. The van der Waals surface area contributed by atoms with Gasteiger partial charge in [-0.05, 0) is 28.1 Å². The summed E-state index contributed by atoms with van der Waals surface area (Å²) in [6.07, 6.45) is 1.56. The summed E-state index contributed by atoms with van der Waals surface area (Å²) in [7, 11) is 0. The molecule has 0 unspecified atom stereocenters. The Hall–Kier alpha value is -0.580. The zero-order chi connectivity index (χ0) is 13.5. The first-order chi connectivity index (χ1) is 8.29. The Morgan fingerprint density at radius 2 is 1.89 bits per heavy atom. The fourth-order valence-electron chi connectivity index (χ4n) is 1.61. The van der Waals surface area contributed by atoms with E-state index < -0.39 is 0 Å². The Kier molecular flexibility index (Phi) is 3.72. The predicted octanol–water partition coefficient (Wildman–Crippen LogP) is 4.63. The molecule has 0 saturated carbocycles. The molecule has 0 amide bonds. The average molecular weight is 349 g/mol. The molecule has 0 atom stereocenters. The van der Waals surface area contributed by atoms with Gasteiger partial charge in [0.05, 0.1) is 15.7 Å². The third kappa shape index (κ3) is 2.71. The molecule has 6 heteroatoms. The van der Waals surface area contributed by atoms with Crippen LogP contribution < -0.4 is 0 Å². The topological polar surface area (TPSA) is 30.7 Å². The summed E-state index contributed by atoms with van der Waals surface area (Å²) in [6, 6.07) is 3.63. The van der Waals surface area contributed by atoms with Crippen LogP contribution in [0.3, 0.4) is 0 Å². The van der Waals surface area contributed by atoms with Crippen molar-refractivity contribution in [2.45, 2.75) is 26.2 Å². The van der Waals surface area contributed by atoms with Gasteiger partial charge in [-0.25, -0.2) is 9.67 Å². The van der Waals surface area contributed by atoms with Crippen molar-refractivity contribution in [2.75, 3.05) is 0 Å². The maximum atomic E-state index is 6.17. The van der Waals surface area contributed by atoms with Crippen molar-refractivity contribution in [2.24, 2.45) is 0 Å². The monoisotopic (exact) mass is 347 g/mol. The minimum atomic E-state index is -0.0658. The standard InChI is InChI=1S/C12H12BrCl2N3/c1-12(2,3)9-5-10(13)17-18(9)11-8(15)4-7(14)6-16-11/h4-6H,1-3H3. The molecule has 18 heavy (non-hydrogen) atoms. The first-order valence-electron chi connectivity index (χ1n) is 5.36. The van der Waals surface area contributed by atoms with Gasteiger partial charge in [0.25, 0.3) is 0 Å². The minimum Gasteiger partial charge on any atom is -0.234 e. The van der Waals surface area contributed by atoms with Crippen LogP contribution in [0.1, 0.15) is 26.5 Å². The molecule has 0 saturated heterocycles. The maximum absolute atomic E-state index is 6.17. The number of pyridine rings is 1. The van der Waals surface area contributed by atoms with Crippen LogP contribution in [0.5, 0.6) is 0 Å². The molecule has 0 bridgehead atoms. The molecule has 96 valence electrons. The van der Waals surface area contributed by atoms with Gasteiger partial charge in [-0.1, -0.05) is 44.0 Å². The Balaban J connectivity index is 2.64. The van der Waals surface area contributed by atoms with Crippen molar-refractivity contribution >= 4 is 39.1 Å². The molecular weight excluding hydrogens is 337 g/mol. The number of halogens is 3. The number of aromatic nitrogens is 3. The van der Waals surface area contributed by atoms with Gasteiger partial charge in [0.1, 0.15) is 4.60 Å². The molecule has 2 aromatic heterocycles. The lowest BCUT2D eigenvalue weighted by molar-refractivity contribution is 0.541. The molecule has 0 radical (unpaired) electrons. The van der Waals surface area contributed by atoms with Crippen LogP contribution in [-0.2, 0) is 5.41 Å². The molecule has 2 rings (SSSR count). The molecule has 0 spiro atoms. The Morgan fingerprint density at radius 3 is 2.44 bits per heavy atom. The van der Waals surface area contributed by atoms with E-state index in [-0.39, 0.29) is 5.41 Å². The lowest BCUT2D eigenvalue weighted by Gasteiger charge is -2.20. The van der Waals surface area contributed by atoms with Crippen LogP contribution in [0.2, 0.25) is 10.0 Å². The smallest absolute Gasteiger partial charge is 0.172 e. The van der Waals surface area contributed by atoms with E-state index in [0.29, 0.717) is 15.9 Å². The Morgan fingerprint density at radius 1 is 1.22 bits per heavy atom. The van der Waals surface area contributed by atoms with Crippen molar-refractivity contribution in [3.8, 4) is 5.82 Å². The van der Waals surface area contributed by atoms with Gasteiger partial charge in [0.15, 0.2) is 5.82 Å². The van der Waals surface area contributed by atoms with E-state index in [4.69, 9.17) is 23.2 Å². The second-order valence-electron chi connectivity index (χ2n) is 4.97. The lowest BCUT2D eigenvalue weighted by atomic mass is 9.92.